The molecular weight excluding hydrogens is 312 g/mol. The number of alkyl halides is 1. The van der Waals surface area contributed by atoms with Crippen LogP contribution in [0.2, 0.25) is 0 Å². The predicted molar refractivity (Wildman–Crippen MR) is 77.4 cm³/mol. The van der Waals surface area contributed by atoms with E-state index in [0.717, 1.165) is 18.4 Å². The molecule has 0 bridgehead atoms. The van der Waals surface area contributed by atoms with E-state index >= 15 is 0 Å². The molecule has 1 aromatic heterocycles. The highest BCUT2D eigenvalue weighted by molar-refractivity contribution is 9.10. The standard InChI is InChI=1S/C13H15BrN2OS/c1-7-4-3-5-10-11(7)9(6-15)13(18-10)16-12(17)8(2)14/h7-8H,3-5H2,1-2H3,(H,16,17). The highest BCUT2D eigenvalue weighted by Gasteiger charge is 2.26. The third-order valence-electron chi connectivity index (χ3n) is 3.27. The van der Waals surface area contributed by atoms with Crippen LogP contribution in [0.5, 0.6) is 0 Å². The average Bonchev–Trinajstić information content (AvgIpc) is 2.67. The molecule has 18 heavy (non-hydrogen) atoms. The second-order valence-corrected chi connectivity index (χ2v) is 7.13. The second-order valence-electron chi connectivity index (χ2n) is 4.65. The summed E-state index contributed by atoms with van der Waals surface area (Å²) in [6, 6.07) is 2.26. The molecule has 1 N–H and O–H groups in total. The van der Waals surface area contributed by atoms with Gasteiger partial charge in [0.1, 0.15) is 11.1 Å². The number of hydrogen-bond donors (Lipinski definition) is 1. The second kappa shape index (κ2) is 5.41. The Morgan fingerprint density at radius 1 is 1.67 bits per heavy atom. The number of hydrogen-bond acceptors (Lipinski definition) is 3. The van der Waals surface area contributed by atoms with Crippen molar-refractivity contribution in [2.24, 2.45) is 0 Å². The molecule has 1 amide bonds. The highest BCUT2D eigenvalue weighted by atomic mass is 79.9. The molecule has 1 aromatic rings. The first-order valence-corrected chi connectivity index (χ1v) is 7.78. The van der Waals surface area contributed by atoms with Crippen molar-refractivity contribution in [3.8, 4) is 6.07 Å². The quantitative estimate of drug-likeness (QED) is 0.841. The smallest absolute Gasteiger partial charge is 0.238 e. The van der Waals surface area contributed by atoms with E-state index in [9.17, 15) is 10.1 Å². The number of rotatable bonds is 2. The minimum absolute atomic E-state index is 0.0993. The fourth-order valence-corrected chi connectivity index (χ4v) is 3.75. The Kier molecular flexibility index (Phi) is 4.08. The minimum atomic E-state index is -0.249. The van der Waals surface area contributed by atoms with Crippen LogP contribution in [0.3, 0.4) is 0 Å². The van der Waals surface area contributed by atoms with Gasteiger partial charge >= 0.3 is 0 Å². The van der Waals surface area contributed by atoms with E-state index in [4.69, 9.17) is 0 Å². The van der Waals surface area contributed by atoms with Crippen molar-refractivity contribution in [3.05, 3.63) is 16.0 Å². The molecule has 0 spiro atoms. The van der Waals surface area contributed by atoms with Crippen LogP contribution in [0.1, 0.15) is 48.6 Å². The Balaban J connectivity index is 2.38. The highest BCUT2D eigenvalue weighted by Crippen LogP contribution is 2.42. The van der Waals surface area contributed by atoms with Crippen LogP contribution < -0.4 is 5.32 Å². The molecule has 1 aliphatic carbocycles. The molecule has 2 atom stereocenters. The lowest BCUT2D eigenvalue weighted by Crippen LogP contribution is -2.19. The zero-order valence-electron chi connectivity index (χ0n) is 10.4. The number of anilines is 1. The fourth-order valence-electron chi connectivity index (χ4n) is 2.32. The van der Waals surface area contributed by atoms with Gasteiger partial charge in [-0.25, -0.2) is 0 Å². The van der Waals surface area contributed by atoms with Crippen molar-refractivity contribution < 1.29 is 4.79 Å². The molecule has 3 nitrogen and oxygen atoms in total. The van der Waals surface area contributed by atoms with Gasteiger partial charge in [0.15, 0.2) is 0 Å². The SMILES string of the molecule is CC(Br)C(=O)Nc1sc2c(c1C#N)C(C)CCC2. The largest absolute Gasteiger partial charge is 0.316 e. The van der Waals surface area contributed by atoms with Gasteiger partial charge in [0.05, 0.1) is 10.4 Å². The van der Waals surface area contributed by atoms with Crippen LogP contribution in [0, 0.1) is 11.3 Å². The van der Waals surface area contributed by atoms with E-state index in [0.29, 0.717) is 16.5 Å². The van der Waals surface area contributed by atoms with E-state index < -0.39 is 0 Å². The maximum absolute atomic E-state index is 11.7. The number of carbonyl (C=O) groups is 1. The van der Waals surface area contributed by atoms with Gasteiger partial charge in [-0.15, -0.1) is 11.3 Å². The maximum Gasteiger partial charge on any atom is 0.238 e. The van der Waals surface area contributed by atoms with Crippen LogP contribution in [0.15, 0.2) is 0 Å². The van der Waals surface area contributed by atoms with Gasteiger partial charge in [-0.2, -0.15) is 5.26 Å². The summed E-state index contributed by atoms with van der Waals surface area (Å²) < 4.78 is 0. The molecule has 0 aliphatic heterocycles. The first kappa shape index (κ1) is 13.6. The third-order valence-corrected chi connectivity index (χ3v) is 4.86. The monoisotopic (exact) mass is 326 g/mol. The number of halogens is 1. The lowest BCUT2D eigenvalue weighted by Gasteiger charge is -2.18. The summed E-state index contributed by atoms with van der Waals surface area (Å²) >= 11 is 4.80. The molecule has 0 radical (unpaired) electrons. The van der Waals surface area contributed by atoms with Gasteiger partial charge in [0.25, 0.3) is 0 Å². The summed E-state index contributed by atoms with van der Waals surface area (Å²) in [7, 11) is 0. The Labute approximate surface area is 119 Å². The summed E-state index contributed by atoms with van der Waals surface area (Å²) in [5.74, 6) is 0.324. The molecule has 2 unspecified atom stereocenters. The van der Waals surface area contributed by atoms with Crippen molar-refractivity contribution in [1.82, 2.24) is 0 Å². The molecule has 1 aliphatic rings. The van der Waals surface area contributed by atoms with Crippen molar-refractivity contribution in [2.45, 2.75) is 43.9 Å². The van der Waals surface area contributed by atoms with Crippen LogP contribution >= 0.6 is 27.3 Å². The Morgan fingerprint density at radius 3 is 3.00 bits per heavy atom. The number of fused-ring (bicyclic) bond motifs is 1. The summed E-state index contributed by atoms with van der Waals surface area (Å²) in [4.78, 5) is 12.7. The van der Waals surface area contributed by atoms with E-state index in [1.807, 2.05) is 0 Å². The van der Waals surface area contributed by atoms with Crippen molar-refractivity contribution in [2.75, 3.05) is 5.32 Å². The zero-order chi connectivity index (χ0) is 13.3. The molecule has 96 valence electrons. The number of carbonyl (C=O) groups excluding carboxylic acids is 1. The van der Waals surface area contributed by atoms with Gasteiger partial charge in [0.2, 0.25) is 5.91 Å². The summed E-state index contributed by atoms with van der Waals surface area (Å²) in [6.07, 6.45) is 3.32. The maximum atomic E-state index is 11.7. The van der Waals surface area contributed by atoms with Crippen molar-refractivity contribution >= 4 is 38.2 Å². The van der Waals surface area contributed by atoms with Crippen LogP contribution in [-0.4, -0.2) is 10.7 Å². The summed E-state index contributed by atoms with van der Waals surface area (Å²) in [5.41, 5.74) is 1.83. The van der Waals surface area contributed by atoms with E-state index in [1.165, 1.54) is 11.3 Å². The molecule has 1 heterocycles. The Morgan fingerprint density at radius 2 is 2.39 bits per heavy atom. The zero-order valence-corrected chi connectivity index (χ0v) is 12.8. The molecule has 5 heteroatoms. The van der Waals surface area contributed by atoms with Crippen LogP contribution in [0.4, 0.5) is 5.00 Å². The number of nitrogens with zero attached hydrogens (tertiary/aromatic N) is 1. The predicted octanol–water partition coefficient (Wildman–Crippen LogP) is 3.78. The fraction of sp³-hybridized carbons (Fsp3) is 0.538. The van der Waals surface area contributed by atoms with Crippen molar-refractivity contribution in [3.63, 3.8) is 0 Å². The minimum Gasteiger partial charge on any atom is -0.316 e. The van der Waals surface area contributed by atoms with E-state index in [-0.39, 0.29) is 10.7 Å². The summed E-state index contributed by atoms with van der Waals surface area (Å²) in [5, 5.41) is 12.9. The van der Waals surface area contributed by atoms with Gasteiger partial charge < -0.3 is 5.32 Å². The van der Waals surface area contributed by atoms with Gasteiger partial charge in [-0.1, -0.05) is 22.9 Å². The van der Waals surface area contributed by atoms with Gasteiger partial charge in [-0.05, 0) is 37.7 Å². The molecule has 0 aromatic carbocycles. The van der Waals surface area contributed by atoms with Crippen molar-refractivity contribution in [1.29, 1.82) is 5.26 Å². The normalized spacial score (nSPS) is 19.8. The number of nitrogens with one attached hydrogen (secondary N) is 1. The average molecular weight is 327 g/mol. The van der Waals surface area contributed by atoms with Gasteiger partial charge in [-0.3, -0.25) is 4.79 Å². The van der Waals surface area contributed by atoms with Gasteiger partial charge in [0, 0.05) is 4.88 Å². The molecule has 0 fully saturated rings. The Hall–Kier alpha value is -0.860. The number of nitriles is 1. The molecular formula is C13H15BrN2OS. The van der Waals surface area contributed by atoms with Crippen LogP contribution in [-0.2, 0) is 11.2 Å². The topological polar surface area (TPSA) is 52.9 Å². The first-order valence-electron chi connectivity index (χ1n) is 6.05. The van der Waals surface area contributed by atoms with E-state index in [2.05, 4.69) is 34.2 Å². The lowest BCUT2D eigenvalue weighted by molar-refractivity contribution is -0.115. The number of thiophene rings is 1. The van der Waals surface area contributed by atoms with E-state index in [1.54, 1.807) is 18.3 Å². The lowest BCUT2D eigenvalue weighted by atomic mass is 9.87. The number of amides is 1. The van der Waals surface area contributed by atoms with Crippen LogP contribution in [0.25, 0.3) is 0 Å². The molecule has 0 saturated heterocycles. The first-order chi connectivity index (χ1) is 8.54. The summed E-state index contributed by atoms with van der Waals surface area (Å²) in [6.45, 7) is 3.93. The number of aryl methyl sites for hydroxylation is 1. The molecule has 0 saturated carbocycles. The Bertz CT molecular complexity index is 516. The molecule has 2 rings (SSSR count). The third kappa shape index (κ3) is 2.45.